The Balaban J connectivity index is 0.00000162. The lowest BCUT2D eigenvalue weighted by atomic mass is 9.96. The van der Waals surface area contributed by atoms with Crippen LogP contribution in [0.15, 0.2) is 10.6 Å². The Morgan fingerprint density at radius 1 is 1.61 bits per heavy atom. The van der Waals surface area contributed by atoms with E-state index >= 15 is 0 Å². The number of carbonyl (C=O) groups excluding carboxylic acids is 1. The van der Waals surface area contributed by atoms with Crippen LogP contribution >= 0.6 is 12.4 Å². The van der Waals surface area contributed by atoms with E-state index < -0.39 is 0 Å². The van der Waals surface area contributed by atoms with E-state index in [4.69, 9.17) is 10.3 Å². The molecule has 0 spiro atoms. The molecular weight excluding hydrogens is 254 g/mol. The van der Waals surface area contributed by atoms with Crippen LogP contribution in [0.3, 0.4) is 0 Å². The van der Waals surface area contributed by atoms with Crippen LogP contribution < -0.4 is 5.73 Å². The van der Waals surface area contributed by atoms with Crippen molar-refractivity contribution in [2.45, 2.75) is 45.2 Å². The molecule has 1 aromatic rings. The topological polar surface area (TPSA) is 72.4 Å². The summed E-state index contributed by atoms with van der Waals surface area (Å²) in [5.74, 6) is 0.225. The minimum absolute atomic E-state index is 0. The average Bonchev–Trinajstić information content (AvgIpc) is 2.75. The molecule has 1 fully saturated rings. The van der Waals surface area contributed by atoms with Gasteiger partial charge in [-0.05, 0) is 33.1 Å². The predicted molar refractivity (Wildman–Crippen MR) is 70.8 cm³/mol. The van der Waals surface area contributed by atoms with Gasteiger partial charge in [0.1, 0.15) is 0 Å². The first-order valence-electron chi connectivity index (χ1n) is 6.09. The minimum atomic E-state index is -0.0902. The number of nitrogens with two attached hydrogens (primary N) is 1. The van der Waals surface area contributed by atoms with Crippen LogP contribution in [0.2, 0.25) is 0 Å². The molecule has 2 rings (SSSR count). The maximum absolute atomic E-state index is 12.3. The molecule has 2 atom stereocenters. The van der Waals surface area contributed by atoms with Crippen LogP contribution in [-0.4, -0.2) is 34.6 Å². The molecule has 0 radical (unpaired) electrons. The molecular formula is C12H20ClN3O2. The Morgan fingerprint density at radius 2 is 2.33 bits per heavy atom. The molecule has 1 saturated heterocycles. The summed E-state index contributed by atoms with van der Waals surface area (Å²) in [5, 5.41) is 3.75. The molecule has 0 aliphatic carbocycles. The van der Waals surface area contributed by atoms with Gasteiger partial charge in [0.05, 0.1) is 5.69 Å². The van der Waals surface area contributed by atoms with Gasteiger partial charge in [-0.25, -0.2) is 0 Å². The zero-order chi connectivity index (χ0) is 12.4. The van der Waals surface area contributed by atoms with Crippen LogP contribution in [0.4, 0.5) is 0 Å². The third-order valence-electron chi connectivity index (χ3n) is 3.26. The molecule has 2 heterocycles. The Bertz CT molecular complexity index is 406. The summed E-state index contributed by atoms with van der Waals surface area (Å²) >= 11 is 0. The molecule has 0 saturated carbocycles. The molecule has 5 nitrogen and oxygen atoms in total. The van der Waals surface area contributed by atoms with Crippen LogP contribution in [-0.2, 0) is 0 Å². The lowest BCUT2D eigenvalue weighted by Crippen LogP contribution is -2.51. The van der Waals surface area contributed by atoms with Crippen molar-refractivity contribution in [2.75, 3.05) is 6.54 Å². The average molecular weight is 274 g/mol. The Hall–Kier alpha value is -1.07. The van der Waals surface area contributed by atoms with Gasteiger partial charge in [0.15, 0.2) is 0 Å². The number of hydrogen-bond donors (Lipinski definition) is 1. The molecule has 1 aliphatic heterocycles. The summed E-state index contributed by atoms with van der Waals surface area (Å²) in [4.78, 5) is 14.1. The van der Waals surface area contributed by atoms with Gasteiger partial charge in [-0.2, -0.15) is 0 Å². The predicted octanol–water partition coefficient (Wildman–Crippen LogP) is 1.75. The van der Waals surface area contributed by atoms with Gasteiger partial charge in [0.25, 0.3) is 5.91 Å². The molecule has 2 N–H and O–H groups in total. The largest absolute Gasteiger partial charge is 0.351 e. The van der Waals surface area contributed by atoms with E-state index in [1.54, 1.807) is 13.0 Å². The van der Waals surface area contributed by atoms with E-state index in [1.807, 2.05) is 11.8 Å². The summed E-state index contributed by atoms with van der Waals surface area (Å²) in [6.07, 6.45) is 3.13. The number of halogens is 1. The van der Waals surface area contributed by atoms with Crippen molar-refractivity contribution in [3.05, 3.63) is 17.5 Å². The summed E-state index contributed by atoms with van der Waals surface area (Å²) in [5.41, 5.74) is 6.66. The third-order valence-corrected chi connectivity index (χ3v) is 3.26. The van der Waals surface area contributed by atoms with Crippen molar-refractivity contribution in [3.63, 3.8) is 0 Å². The lowest BCUT2D eigenvalue weighted by Gasteiger charge is -2.37. The van der Waals surface area contributed by atoms with E-state index in [1.165, 1.54) is 0 Å². The zero-order valence-corrected chi connectivity index (χ0v) is 11.6. The number of aromatic nitrogens is 1. The van der Waals surface area contributed by atoms with E-state index in [-0.39, 0.29) is 30.4 Å². The van der Waals surface area contributed by atoms with Crippen molar-refractivity contribution >= 4 is 18.3 Å². The van der Waals surface area contributed by atoms with Gasteiger partial charge < -0.3 is 15.2 Å². The highest BCUT2D eigenvalue weighted by atomic mass is 35.5. The monoisotopic (exact) mass is 273 g/mol. The van der Waals surface area contributed by atoms with Crippen molar-refractivity contribution in [1.29, 1.82) is 0 Å². The normalized spacial score (nSPS) is 21.3. The fourth-order valence-corrected chi connectivity index (χ4v) is 2.36. The molecule has 1 aromatic heterocycles. The number of aryl methyl sites for hydroxylation is 1. The number of hydrogen-bond acceptors (Lipinski definition) is 4. The highest BCUT2D eigenvalue weighted by Gasteiger charge is 2.31. The van der Waals surface area contributed by atoms with Gasteiger partial charge in [0.2, 0.25) is 5.76 Å². The second-order valence-electron chi connectivity index (χ2n) is 4.75. The highest BCUT2D eigenvalue weighted by Crippen LogP contribution is 2.21. The van der Waals surface area contributed by atoms with Gasteiger partial charge in [0, 0.05) is 24.7 Å². The van der Waals surface area contributed by atoms with Crippen LogP contribution in [0.5, 0.6) is 0 Å². The first-order chi connectivity index (χ1) is 8.09. The molecule has 6 heteroatoms. The SMILES string of the molecule is Cc1cc(C(=O)N2CCCCC2C(C)N)on1.Cl. The van der Waals surface area contributed by atoms with Crippen molar-refractivity contribution < 1.29 is 9.32 Å². The smallest absolute Gasteiger partial charge is 0.292 e. The fourth-order valence-electron chi connectivity index (χ4n) is 2.36. The molecule has 0 aromatic carbocycles. The van der Waals surface area contributed by atoms with E-state index in [2.05, 4.69) is 5.16 Å². The van der Waals surface area contributed by atoms with Gasteiger partial charge in [-0.3, -0.25) is 4.79 Å². The molecule has 1 amide bonds. The first kappa shape index (κ1) is 15.0. The molecule has 18 heavy (non-hydrogen) atoms. The second kappa shape index (κ2) is 6.20. The number of carbonyl (C=O) groups is 1. The van der Waals surface area contributed by atoms with E-state index in [0.717, 1.165) is 31.5 Å². The number of amides is 1. The molecule has 2 unspecified atom stereocenters. The summed E-state index contributed by atoms with van der Waals surface area (Å²) in [6, 6.07) is 1.78. The number of piperidine rings is 1. The van der Waals surface area contributed by atoms with Gasteiger partial charge in [-0.15, -0.1) is 12.4 Å². The van der Waals surface area contributed by atoms with E-state index in [9.17, 15) is 4.79 Å². The molecule has 102 valence electrons. The fraction of sp³-hybridized carbons (Fsp3) is 0.667. The minimum Gasteiger partial charge on any atom is -0.351 e. The lowest BCUT2D eigenvalue weighted by molar-refractivity contribution is 0.0542. The maximum Gasteiger partial charge on any atom is 0.292 e. The molecule has 0 bridgehead atoms. The van der Waals surface area contributed by atoms with Crippen molar-refractivity contribution in [2.24, 2.45) is 5.73 Å². The van der Waals surface area contributed by atoms with Crippen molar-refractivity contribution in [3.8, 4) is 0 Å². The third kappa shape index (κ3) is 3.03. The Morgan fingerprint density at radius 3 is 2.89 bits per heavy atom. The summed E-state index contributed by atoms with van der Waals surface area (Å²) in [6.45, 7) is 4.51. The van der Waals surface area contributed by atoms with Crippen LogP contribution in [0, 0.1) is 6.92 Å². The highest BCUT2D eigenvalue weighted by molar-refractivity contribution is 5.91. The van der Waals surface area contributed by atoms with Crippen LogP contribution in [0.25, 0.3) is 0 Å². The van der Waals surface area contributed by atoms with Gasteiger partial charge >= 0.3 is 0 Å². The summed E-state index contributed by atoms with van der Waals surface area (Å²) in [7, 11) is 0. The Kier molecular flexibility index (Phi) is 5.16. The zero-order valence-electron chi connectivity index (χ0n) is 10.8. The van der Waals surface area contributed by atoms with Gasteiger partial charge in [-0.1, -0.05) is 5.16 Å². The van der Waals surface area contributed by atoms with Crippen LogP contribution in [0.1, 0.15) is 42.4 Å². The quantitative estimate of drug-likeness (QED) is 0.891. The Labute approximate surface area is 113 Å². The summed E-state index contributed by atoms with van der Waals surface area (Å²) < 4.78 is 5.03. The first-order valence-corrected chi connectivity index (χ1v) is 6.09. The second-order valence-corrected chi connectivity index (χ2v) is 4.75. The number of nitrogens with zero attached hydrogens (tertiary/aromatic N) is 2. The van der Waals surface area contributed by atoms with Crippen molar-refractivity contribution in [1.82, 2.24) is 10.1 Å². The maximum atomic E-state index is 12.3. The molecule has 1 aliphatic rings. The number of rotatable bonds is 2. The standard InChI is InChI=1S/C12H19N3O2.ClH/c1-8-7-11(17-14-8)12(16)15-6-4-3-5-10(15)9(2)13;/h7,9-10H,3-6,13H2,1-2H3;1H. The van der Waals surface area contributed by atoms with E-state index in [0.29, 0.717) is 5.76 Å². The number of likely N-dealkylation sites (tertiary alicyclic amines) is 1.